The summed E-state index contributed by atoms with van der Waals surface area (Å²) < 4.78 is 2.02. The fraction of sp³-hybridized carbons (Fsp3) is 0.393. The van der Waals surface area contributed by atoms with Gasteiger partial charge in [0, 0.05) is 49.2 Å². The van der Waals surface area contributed by atoms with E-state index >= 15 is 0 Å². The normalized spacial score (nSPS) is 20.9. The Kier molecular flexibility index (Phi) is 5.10. The molecular formula is C28H29ClN6O. The lowest BCUT2D eigenvalue weighted by Crippen LogP contribution is -2.44. The Labute approximate surface area is 215 Å². The van der Waals surface area contributed by atoms with Crippen LogP contribution in [0.4, 0.5) is 5.82 Å². The van der Waals surface area contributed by atoms with Crippen LogP contribution in [-0.2, 0) is 13.0 Å². The van der Waals surface area contributed by atoms with Gasteiger partial charge in [-0.3, -0.25) is 9.38 Å². The second-order valence-corrected chi connectivity index (χ2v) is 10.9. The van der Waals surface area contributed by atoms with Crippen molar-refractivity contribution in [2.75, 3.05) is 18.0 Å². The lowest BCUT2D eigenvalue weighted by Gasteiger charge is -2.42. The molecule has 7 rings (SSSR count). The highest BCUT2D eigenvalue weighted by atomic mass is 35.5. The number of piperidine rings is 1. The average Bonchev–Trinajstić information content (AvgIpc) is 3.63. The van der Waals surface area contributed by atoms with Crippen LogP contribution in [0.3, 0.4) is 0 Å². The van der Waals surface area contributed by atoms with Gasteiger partial charge in [0.2, 0.25) is 0 Å². The summed E-state index contributed by atoms with van der Waals surface area (Å²) in [6.45, 7) is 1.56. The molecule has 3 N–H and O–H groups in total. The van der Waals surface area contributed by atoms with Crippen LogP contribution in [0.1, 0.15) is 60.2 Å². The molecule has 2 fully saturated rings. The van der Waals surface area contributed by atoms with E-state index in [-0.39, 0.29) is 18.1 Å². The number of imidazole rings is 1. The monoisotopic (exact) mass is 500 g/mol. The van der Waals surface area contributed by atoms with E-state index in [2.05, 4.69) is 34.1 Å². The molecule has 1 spiro atoms. The van der Waals surface area contributed by atoms with Gasteiger partial charge in [-0.15, -0.1) is 0 Å². The average molecular weight is 501 g/mol. The Hall–Kier alpha value is -3.00. The van der Waals surface area contributed by atoms with E-state index in [9.17, 15) is 5.11 Å². The van der Waals surface area contributed by atoms with E-state index in [1.54, 1.807) is 0 Å². The highest BCUT2D eigenvalue weighted by Crippen LogP contribution is 2.51. The van der Waals surface area contributed by atoms with E-state index < -0.39 is 0 Å². The maximum atomic E-state index is 10.3. The quantitative estimate of drug-likeness (QED) is 0.423. The first-order valence-electron chi connectivity index (χ1n) is 12.8. The summed E-state index contributed by atoms with van der Waals surface area (Å²) in [5, 5.41) is 10.9. The van der Waals surface area contributed by atoms with Crippen LogP contribution in [0.15, 0.2) is 48.9 Å². The molecular weight excluding hydrogens is 472 g/mol. The molecule has 2 aliphatic carbocycles. The summed E-state index contributed by atoms with van der Waals surface area (Å²) in [6.07, 6.45) is 10.8. The predicted molar refractivity (Wildman–Crippen MR) is 140 cm³/mol. The molecule has 4 heterocycles. The molecule has 3 aliphatic rings. The van der Waals surface area contributed by atoms with Crippen LogP contribution in [-0.4, -0.2) is 37.5 Å². The van der Waals surface area contributed by atoms with Gasteiger partial charge in [-0.2, -0.15) is 0 Å². The topological polar surface area (TPSA) is 92.6 Å². The molecule has 8 heteroatoms. The van der Waals surface area contributed by atoms with Crippen molar-refractivity contribution in [3.63, 3.8) is 0 Å². The number of hydrogen-bond donors (Lipinski definition) is 2. The first kappa shape index (κ1) is 22.2. The molecule has 184 valence electrons. The van der Waals surface area contributed by atoms with Crippen molar-refractivity contribution >= 4 is 22.9 Å². The summed E-state index contributed by atoms with van der Waals surface area (Å²) in [5.41, 5.74) is 12.8. The smallest absolute Gasteiger partial charge is 0.154 e. The van der Waals surface area contributed by atoms with Crippen LogP contribution in [0, 0.1) is 5.41 Å². The molecule has 1 aliphatic heterocycles. The number of benzene rings is 1. The van der Waals surface area contributed by atoms with Crippen molar-refractivity contribution in [3.05, 3.63) is 76.5 Å². The van der Waals surface area contributed by atoms with E-state index in [4.69, 9.17) is 27.3 Å². The van der Waals surface area contributed by atoms with E-state index in [0.29, 0.717) is 22.5 Å². The number of nitrogens with two attached hydrogens (primary N) is 1. The van der Waals surface area contributed by atoms with Crippen molar-refractivity contribution in [2.24, 2.45) is 11.1 Å². The minimum absolute atomic E-state index is 0.0728. The van der Waals surface area contributed by atoms with Gasteiger partial charge in [-0.1, -0.05) is 35.9 Å². The van der Waals surface area contributed by atoms with Gasteiger partial charge in [-0.05, 0) is 54.7 Å². The number of pyridine rings is 1. The third kappa shape index (κ3) is 3.30. The first-order chi connectivity index (χ1) is 17.6. The summed E-state index contributed by atoms with van der Waals surface area (Å²) in [6, 6.07) is 10.6. The third-order valence-electron chi connectivity index (χ3n) is 8.53. The number of aliphatic hydroxyl groups excluding tert-OH is 1. The third-order valence-corrected chi connectivity index (χ3v) is 8.93. The van der Waals surface area contributed by atoms with Crippen LogP contribution < -0.4 is 10.6 Å². The lowest BCUT2D eigenvalue weighted by atomic mass is 9.73. The predicted octanol–water partition coefficient (Wildman–Crippen LogP) is 4.66. The van der Waals surface area contributed by atoms with Gasteiger partial charge in [0.1, 0.15) is 11.3 Å². The maximum Gasteiger partial charge on any atom is 0.154 e. The van der Waals surface area contributed by atoms with Crippen molar-refractivity contribution in [1.82, 2.24) is 19.4 Å². The summed E-state index contributed by atoms with van der Waals surface area (Å²) >= 11 is 6.82. The van der Waals surface area contributed by atoms with Gasteiger partial charge >= 0.3 is 0 Å². The summed E-state index contributed by atoms with van der Waals surface area (Å²) in [4.78, 5) is 16.5. The number of hydrogen-bond acceptors (Lipinski definition) is 6. The van der Waals surface area contributed by atoms with Crippen LogP contribution in [0.25, 0.3) is 16.9 Å². The van der Waals surface area contributed by atoms with Crippen molar-refractivity contribution in [3.8, 4) is 11.4 Å². The minimum Gasteiger partial charge on any atom is -0.390 e. The summed E-state index contributed by atoms with van der Waals surface area (Å²) in [7, 11) is 0. The molecule has 1 saturated heterocycles. The molecule has 0 bridgehead atoms. The molecule has 7 nitrogen and oxygen atoms in total. The Balaban J connectivity index is 1.24. The number of anilines is 1. The van der Waals surface area contributed by atoms with Gasteiger partial charge < -0.3 is 15.7 Å². The fourth-order valence-corrected chi connectivity index (χ4v) is 6.72. The van der Waals surface area contributed by atoms with Crippen LogP contribution in [0.5, 0.6) is 0 Å². The van der Waals surface area contributed by atoms with Gasteiger partial charge in [-0.25, -0.2) is 9.97 Å². The number of nitrogens with zero attached hydrogens (tertiary/aromatic N) is 5. The number of aromatic nitrogens is 4. The van der Waals surface area contributed by atoms with Crippen LogP contribution in [0.2, 0.25) is 5.02 Å². The molecule has 3 aromatic heterocycles. The number of fused-ring (bicyclic) bond motifs is 2. The Morgan fingerprint density at radius 1 is 1.08 bits per heavy atom. The van der Waals surface area contributed by atoms with Crippen molar-refractivity contribution in [1.29, 1.82) is 0 Å². The Morgan fingerprint density at radius 2 is 1.89 bits per heavy atom. The van der Waals surface area contributed by atoms with Gasteiger partial charge in [0.15, 0.2) is 5.82 Å². The van der Waals surface area contributed by atoms with Crippen molar-refractivity contribution < 1.29 is 5.11 Å². The standard InChI is InChI=1S/C28H29ClN6O/c29-22-20(7-10-31-23(22)17-5-6-17)26-33-21(16-36)24-27(32-11-14-35(24)26)34-12-8-28(9-13-34)15-18-3-1-2-4-19(18)25(28)30/h1-4,7,10-11,14,17,25,36H,5-6,8-9,12-13,15-16,30H2/t25-/m1/s1. The number of halogens is 1. The first-order valence-corrected chi connectivity index (χ1v) is 13.2. The maximum absolute atomic E-state index is 10.3. The number of aliphatic hydroxyl groups is 1. The van der Waals surface area contributed by atoms with Gasteiger partial charge in [0.05, 0.1) is 23.0 Å². The van der Waals surface area contributed by atoms with E-state index in [1.807, 2.05) is 29.1 Å². The number of rotatable bonds is 4. The highest BCUT2D eigenvalue weighted by molar-refractivity contribution is 6.34. The molecule has 0 unspecified atom stereocenters. The molecule has 4 aromatic rings. The molecule has 1 aromatic carbocycles. The second kappa shape index (κ2) is 8.26. The SMILES string of the molecule is N[C@@H]1c2ccccc2CC12CCN(c1nccn3c(-c4ccnc(C5CC5)c4Cl)nc(CO)c13)CC2. The fourth-order valence-electron chi connectivity index (χ4n) is 6.37. The van der Waals surface area contributed by atoms with Crippen LogP contribution >= 0.6 is 11.6 Å². The molecule has 1 atom stereocenters. The van der Waals surface area contributed by atoms with E-state index in [1.165, 1.54) is 11.1 Å². The second-order valence-electron chi connectivity index (χ2n) is 10.5. The highest BCUT2D eigenvalue weighted by Gasteiger charge is 2.46. The summed E-state index contributed by atoms with van der Waals surface area (Å²) in [5.74, 6) is 2.01. The Bertz CT molecular complexity index is 1470. The molecule has 0 radical (unpaired) electrons. The zero-order chi connectivity index (χ0) is 24.4. The largest absolute Gasteiger partial charge is 0.390 e. The molecule has 1 saturated carbocycles. The Morgan fingerprint density at radius 3 is 2.64 bits per heavy atom. The lowest BCUT2D eigenvalue weighted by molar-refractivity contribution is 0.187. The molecule has 36 heavy (non-hydrogen) atoms. The zero-order valence-corrected chi connectivity index (χ0v) is 20.8. The van der Waals surface area contributed by atoms with E-state index in [0.717, 1.165) is 67.8 Å². The van der Waals surface area contributed by atoms with Gasteiger partial charge in [0.25, 0.3) is 0 Å². The van der Waals surface area contributed by atoms with Crippen molar-refractivity contribution in [2.45, 2.75) is 50.7 Å². The zero-order valence-electron chi connectivity index (χ0n) is 20.1. The molecule has 0 amide bonds. The minimum atomic E-state index is -0.168.